The Labute approximate surface area is 170 Å². The van der Waals surface area contributed by atoms with E-state index in [0.29, 0.717) is 5.75 Å². The van der Waals surface area contributed by atoms with Crippen LogP contribution in [0.15, 0.2) is 48.5 Å². The summed E-state index contributed by atoms with van der Waals surface area (Å²) in [6, 6.07) is 16.5. The van der Waals surface area contributed by atoms with E-state index < -0.39 is 0 Å². The van der Waals surface area contributed by atoms with Crippen LogP contribution in [0.3, 0.4) is 0 Å². The van der Waals surface area contributed by atoms with Crippen molar-refractivity contribution in [2.75, 3.05) is 11.1 Å². The van der Waals surface area contributed by atoms with Crippen LogP contribution in [0.5, 0.6) is 0 Å². The Morgan fingerprint density at radius 2 is 1.89 bits per heavy atom. The number of benzene rings is 2. The topological polar surface area (TPSA) is 59.8 Å². The Bertz CT molecular complexity index is 1160. The maximum Gasteiger partial charge on any atom is 0.235 e. The summed E-state index contributed by atoms with van der Waals surface area (Å²) in [4.78, 5) is 17.2. The molecule has 1 unspecified atom stereocenters. The van der Waals surface area contributed by atoms with Crippen molar-refractivity contribution in [3.05, 3.63) is 70.9 Å². The molecule has 0 aliphatic carbocycles. The molecule has 0 bridgehead atoms. The minimum atomic E-state index is -0.0110. The van der Waals surface area contributed by atoms with Crippen LogP contribution in [0.1, 0.15) is 27.6 Å². The Hall–Kier alpha value is -2.64. The molecule has 4 aromatic rings. The number of anilines is 1. The minimum Gasteiger partial charge on any atom is -0.310 e. The summed E-state index contributed by atoms with van der Waals surface area (Å²) in [5.41, 5.74) is 5.31. The van der Waals surface area contributed by atoms with Crippen LogP contribution in [0.4, 0.5) is 5.82 Å². The first-order valence-corrected chi connectivity index (χ1v) is 10.9. The van der Waals surface area contributed by atoms with E-state index >= 15 is 0 Å². The van der Waals surface area contributed by atoms with Crippen LogP contribution in [0, 0.1) is 13.8 Å². The third kappa shape index (κ3) is 2.91. The van der Waals surface area contributed by atoms with E-state index in [-0.39, 0.29) is 11.2 Å². The lowest BCUT2D eigenvalue weighted by atomic mass is 10.0. The van der Waals surface area contributed by atoms with Gasteiger partial charge in [-0.2, -0.15) is 9.78 Å². The highest BCUT2D eigenvalue weighted by Crippen LogP contribution is 2.44. The molecule has 5 nitrogen and oxygen atoms in total. The number of nitrogens with zero attached hydrogens (tertiary/aromatic N) is 3. The van der Waals surface area contributed by atoms with Crippen molar-refractivity contribution in [2.45, 2.75) is 19.1 Å². The number of hydrogen-bond acceptors (Lipinski definition) is 5. The molecule has 5 rings (SSSR count). The number of carbonyl (C=O) groups excluding carboxylic acids is 1. The summed E-state index contributed by atoms with van der Waals surface area (Å²) in [6.45, 7) is 4.08. The maximum atomic E-state index is 12.5. The van der Waals surface area contributed by atoms with Gasteiger partial charge in [0.25, 0.3) is 0 Å². The van der Waals surface area contributed by atoms with Gasteiger partial charge in [-0.05, 0) is 31.5 Å². The SMILES string of the molecule is Cc1ccc(C2SCC(=O)Nc3c2c(C)nn3-c2nc3ccccc3s2)cc1. The van der Waals surface area contributed by atoms with Gasteiger partial charge >= 0.3 is 0 Å². The molecule has 1 aliphatic rings. The van der Waals surface area contributed by atoms with Gasteiger partial charge in [0.15, 0.2) is 0 Å². The Morgan fingerprint density at radius 1 is 1.11 bits per heavy atom. The Morgan fingerprint density at radius 3 is 2.68 bits per heavy atom. The molecule has 1 N–H and O–H groups in total. The summed E-state index contributed by atoms with van der Waals surface area (Å²) in [6.07, 6.45) is 0. The normalized spacial score (nSPS) is 16.6. The molecule has 1 atom stereocenters. The van der Waals surface area contributed by atoms with Crippen molar-refractivity contribution in [1.29, 1.82) is 0 Å². The average Bonchev–Trinajstić information content (AvgIpc) is 3.19. The highest BCUT2D eigenvalue weighted by atomic mass is 32.2. The molecule has 3 heterocycles. The number of rotatable bonds is 2. The zero-order chi connectivity index (χ0) is 19.3. The van der Waals surface area contributed by atoms with Crippen LogP contribution in [0.25, 0.3) is 15.3 Å². The van der Waals surface area contributed by atoms with Crippen LogP contribution in [-0.2, 0) is 4.79 Å². The van der Waals surface area contributed by atoms with Gasteiger partial charge in [-0.15, -0.1) is 11.8 Å². The predicted molar refractivity (Wildman–Crippen MR) is 116 cm³/mol. The van der Waals surface area contributed by atoms with Crippen LogP contribution in [0.2, 0.25) is 0 Å². The van der Waals surface area contributed by atoms with E-state index in [2.05, 4.69) is 42.6 Å². The first kappa shape index (κ1) is 17.5. The summed E-state index contributed by atoms with van der Waals surface area (Å²) >= 11 is 3.21. The fourth-order valence-corrected chi connectivity index (χ4v) is 5.59. The fraction of sp³-hybridized carbons (Fsp3) is 0.190. The molecule has 0 saturated heterocycles. The van der Waals surface area contributed by atoms with Gasteiger partial charge in [0.1, 0.15) is 5.82 Å². The molecule has 2 aromatic carbocycles. The molecule has 0 spiro atoms. The van der Waals surface area contributed by atoms with Gasteiger partial charge < -0.3 is 5.32 Å². The van der Waals surface area contributed by atoms with E-state index in [9.17, 15) is 4.79 Å². The quantitative estimate of drug-likeness (QED) is 0.516. The van der Waals surface area contributed by atoms with E-state index in [1.54, 1.807) is 27.8 Å². The first-order valence-electron chi connectivity index (χ1n) is 9.03. The van der Waals surface area contributed by atoms with Gasteiger partial charge in [-0.25, -0.2) is 4.98 Å². The molecule has 2 aromatic heterocycles. The van der Waals surface area contributed by atoms with Crippen molar-refractivity contribution in [3.8, 4) is 5.13 Å². The second-order valence-electron chi connectivity index (χ2n) is 6.87. The number of aromatic nitrogens is 3. The standard InChI is InChI=1S/C21H18N4OS2/c1-12-7-9-14(10-8-12)19-18-13(2)24-25(20(18)23-17(26)11-27-19)21-22-15-5-3-4-6-16(15)28-21/h3-10,19H,11H2,1-2H3,(H,23,26). The van der Waals surface area contributed by atoms with Crippen molar-refractivity contribution in [3.63, 3.8) is 0 Å². The third-order valence-corrected chi connectivity index (χ3v) is 7.13. The van der Waals surface area contributed by atoms with Crippen LogP contribution < -0.4 is 5.32 Å². The lowest BCUT2D eigenvalue weighted by molar-refractivity contribution is -0.113. The molecule has 1 amide bonds. The van der Waals surface area contributed by atoms with Gasteiger partial charge in [0.2, 0.25) is 11.0 Å². The molecular formula is C21H18N4OS2. The zero-order valence-electron chi connectivity index (χ0n) is 15.5. The smallest absolute Gasteiger partial charge is 0.235 e. The van der Waals surface area contributed by atoms with Gasteiger partial charge in [-0.1, -0.05) is 53.3 Å². The number of thiazole rings is 1. The molecule has 140 valence electrons. The molecule has 7 heteroatoms. The number of thioether (sulfide) groups is 1. The summed E-state index contributed by atoms with van der Waals surface area (Å²) < 4.78 is 2.89. The van der Waals surface area contributed by atoms with E-state index in [4.69, 9.17) is 10.1 Å². The molecule has 28 heavy (non-hydrogen) atoms. The Balaban J connectivity index is 1.69. The monoisotopic (exact) mass is 406 g/mol. The average molecular weight is 407 g/mol. The number of nitrogens with one attached hydrogen (secondary N) is 1. The number of aryl methyl sites for hydroxylation is 2. The lowest BCUT2D eigenvalue weighted by Gasteiger charge is -2.15. The van der Waals surface area contributed by atoms with E-state index in [0.717, 1.165) is 32.4 Å². The molecule has 0 fully saturated rings. The van der Waals surface area contributed by atoms with Crippen LogP contribution >= 0.6 is 23.1 Å². The highest BCUT2D eigenvalue weighted by molar-refractivity contribution is 8.00. The second kappa shape index (κ2) is 6.76. The number of hydrogen-bond donors (Lipinski definition) is 1. The molecule has 0 radical (unpaired) electrons. The number of fused-ring (bicyclic) bond motifs is 2. The number of amides is 1. The van der Waals surface area contributed by atoms with Gasteiger partial charge in [0.05, 0.1) is 26.9 Å². The first-order chi connectivity index (χ1) is 13.6. The fourth-order valence-electron chi connectivity index (χ4n) is 3.48. The van der Waals surface area contributed by atoms with Gasteiger partial charge in [-0.3, -0.25) is 4.79 Å². The Kier molecular flexibility index (Phi) is 4.21. The maximum absolute atomic E-state index is 12.5. The van der Waals surface area contributed by atoms with Gasteiger partial charge in [0, 0.05) is 5.56 Å². The number of carbonyl (C=O) groups is 1. The highest BCUT2D eigenvalue weighted by Gasteiger charge is 2.31. The van der Waals surface area contributed by atoms with Crippen molar-refractivity contribution >= 4 is 45.0 Å². The molecule has 1 aliphatic heterocycles. The lowest BCUT2D eigenvalue weighted by Crippen LogP contribution is -2.15. The second-order valence-corrected chi connectivity index (χ2v) is 8.98. The largest absolute Gasteiger partial charge is 0.310 e. The van der Waals surface area contributed by atoms with Crippen LogP contribution in [-0.4, -0.2) is 26.4 Å². The molecular weight excluding hydrogens is 388 g/mol. The minimum absolute atomic E-state index is 0.0110. The predicted octanol–water partition coefficient (Wildman–Crippen LogP) is 4.87. The number of para-hydroxylation sites is 1. The van der Waals surface area contributed by atoms with E-state index in [1.165, 1.54) is 11.1 Å². The van der Waals surface area contributed by atoms with Crippen molar-refractivity contribution in [2.24, 2.45) is 0 Å². The third-order valence-electron chi connectivity index (χ3n) is 4.85. The summed E-state index contributed by atoms with van der Waals surface area (Å²) in [7, 11) is 0. The summed E-state index contributed by atoms with van der Waals surface area (Å²) in [5, 5.41) is 8.65. The van der Waals surface area contributed by atoms with Crippen molar-refractivity contribution < 1.29 is 4.79 Å². The molecule has 0 saturated carbocycles. The summed E-state index contributed by atoms with van der Waals surface area (Å²) in [5.74, 6) is 1.13. The van der Waals surface area contributed by atoms with Crippen molar-refractivity contribution in [1.82, 2.24) is 14.8 Å². The van der Waals surface area contributed by atoms with E-state index in [1.807, 2.05) is 25.1 Å². The zero-order valence-corrected chi connectivity index (χ0v) is 17.1.